The molecule has 108 valence electrons. The molecule has 1 aromatic heterocycles. The molecule has 0 aliphatic carbocycles. The van der Waals surface area contributed by atoms with Crippen molar-refractivity contribution in [1.82, 2.24) is 0 Å². The van der Waals surface area contributed by atoms with Crippen molar-refractivity contribution in [2.24, 2.45) is 5.73 Å². The monoisotopic (exact) mass is 356 g/mol. The Hall–Kier alpha value is -0.910. The van der Waals surface area contributed by atoms with Gasteiger partial charge in [0.05, 0.1) is 6.54 Å². The average Bonchev–Trinajstić information content (AvgIpc) is 2.77. The van der Waals surface area contributed by atoms with E-state index in [0.29, 0.717) is 5.56 Å². The topological polar surface area (TPSA) is 29.3 Å². The Bertz CT molecular complexity index is 610. The van der Waals surface area contributed by atoms with E-state index in [4.69, 9.17) is 5.73 Å². The van der Waals surface area contributed by atoms with Gasteiger partial charge in [-0.05, 0) is 59.1 Å². The summed E-state index contributed by atoms with van der Waals surface area (Å²) in [4.78, 5) is 3.36. The van der Waals surface area contributed by atoms with Crippen LogP contribution in [0.15, 0.2) is 28.1 Å². The van der Waals surface area contributed by atoms with Crippen LogP contribution in [0.1, 0.15) is 29.0 Å². The summed E-state index contributed by atoms with van der Waals surface area (Å²) < 4.78 is 14.8. The van der Waals surface area contributed by atoms with E-state index in [-0.39, 0.29) is 11.9 Å². The zero-order valence-corrected chi connectivity index (χ0v) is 14.2. The fourth-order valence-electron chi connectivity index (χ4n) is 2.13. The Morgan fingerprint density at radius 1 is 1.40 bits per heavy atom. The number of aryl methyl sites for hydroxylation is 1. The predicted molar refractivity (Wildman–Crippen MR) is 87.9 cm³/mol. The molecule has 1 atom stereocenters. The van der Waals surface area contributed by atoms with Crippen LogP contribution in [0.2, 0.25) is 0 Å². The third-order valence-corrected chi connectivity index (χ3v) is 4.91. The Balaban J connectivity index is 2.33. The van der Waals surface area contributed by atoms with E-state index in [1.54, 1.807) is 24.3 Å². The van der Waals surface area contributed by atoms with E-state index in [1.165, 1.54) is 4.88 Å². The van der Waals surface area contributed by atoms with Crippen molar-refractivity contribution in [1.29, 1.82) is 0 Å². The van der Waals surface area contributed by atoms with Gasteiger partial charge in [-0.1, -0.05) is 0 Å². The predicted octanol–water partition coefficient (Wildman–Crippen LogP) is 4.61. The zero-order chi connectivity index (χ0) is 14.9. The van der Waals surface area contributed by atoms with E-state index < -0.39 is 0 Å². The van der Waals surface area contributed by atoms with Crippen LogP contribution in [-0.4, -0.2) is 7.05 Å². The molecule has 2 aromatic rings. The van der Waals surface area contributed by atoms with Gasteiger partial charge in [0.2, 0.25) is 0 Å². The molecule has 0 radical (unpaired) electrons. The van der Waals surface area contributed by atoms with Crippen LogP contribution in [0.5, 0.6) is 0 Å². The molecular formula is C15H18BrFN2S. The maximum atomic E-state index is 13.7. The highest BCUT2D eigenvalue weighted by Crippen LogP contribution is 2.30. The Morgan fingerprint density at radius 2 is 2.10 bits per heavy atom. The smallest absolute Gasteiger partial charge is 0.126 e. The molecule has 5 heteroatoms. The van der Waals surface area contributed by atoms with Gasteiger partial charge in [-0.15, -0.1) is 11.3 Å². The van der Waals surface area contributed by atoms with E-state index >= 15 is 0 Å². The largest absolute Gasteiger partial charge is 0.369 e. The summed E-state index contributed by atoms with van der Waals surface area (Å²) in [5, 5.41) is 2.06. The number of hydrogen-bond acceptors (Lipinski definition) is 3. The highest BCUT2D eigenvalue weighted by Gasteiger charge is 2.15. The van der Waals surface area contributed by atoms with Crippen LogP contribution in [-0.2, 0) is 6.54 Å². The molecule has 0 amide bonds. The van der Waals surface area contributed by atoms with Crippen molar-refractivity contribution < 1.29 is 4.39 Å². The van der Waals surface area contributed by atoms with Gasteiger partial charge in [0, 0.05) is 33.5 Å². The number of halogens is 2. The summed E-state index contributed by atoms with van der Waals surface area (Å²) in [5.74, 6) is -0.201. The van der Waals surface area contributed by atoms with Gasteiger partial charge >= 0.3 is 0 Å². The lowest BCUT2D eigenvalue weighted by atomic mass is 10.0. The number of nitrogens with two attached hydrogens (primary N) is 1. The molecule has 0 aliphatic rings. The molecule has 1 heterocycles. The molecule has 0 fully saturated rings. The van der Waals surface area contributed by atoms with Gasteiger partial charge in [0.1, 0.15) is 5.82 Å². The molecule has 20 heavy (non-hydrogen) atoms. The minimum Gasteiger partial charge on any atom is -0.369 e. The number of nitrogens with zero attached hydrogens (tertiary/aromatic N) is 1. The first-order valence-electron chi connectivity index (χ1n) is 6.38. The van der Waals surface area contributed by atoms with Crippen molar-refractivity contribution in [2.75, 3.05) is 11.9 Å². The number of benzene rings is 1. The number of thiophene rings is 1. The lowest BCUT2D eigenvalue weighted by molar-refractivity contribution is 0.612. The van der Waals surface area contributed by atoms with Gasteiger partial charge in [-0.2, -0.15) is 0 Å². The van der Waals surface area contributed by atoms with E-state index in [0.717, 1.165) is 22.3 Å². The Morgan fingerprint density at radius 3 is 2.65 bits per heavy atom. The van der Waals surface area contributed by atoms with Crippen LogP contribution in [0.25, 0.3) is 0 Å². The molecule has 2 rings (SSSR count). The van der Waals surface area contributed by atoms with Gasteiger partial charge in [0.15, 0.2) is 0 Å². The van der Waals surface area contributed by atoms with Crippen LogP contribution in [0, 0.1) is 12.7 Å². The van der Waals surface area contributed by atoms with Crippen LogP contribution in [0.4, 0.5) is 10.1 Å². The first kappa shape index (κ1) is 15.5. The van der Waals surface area contributed by atoms with Gasteiger partial charge in [-0.25, -0.2) is 4.39 Å². The molecular weight excluding hydrogens is 339 g/mol. The maximum Gasteiger partial charge on any atom is 0.126 e. The minimum atomic E-state index is -0.201. The fraction of sp³-hybridized carbons (Fsp3) is 0.333. The molecule has 0 spiro atoms. The minimum absolute atomic E-state index is 0.197. The van der Waals surface area contributed by atoms with Gasteiger partial charge < -0.3 is 10.6 Å². The quantitative estimate of drug-likeness (QED) is 0.866. The van der Waals surface area contributed by atoms with Crippen molar-refractivity contribution in [3.63, 3.8) is 0 Å². The SMILES string of the molecule is Cc1cc(N(C)Cc2cc(Br)cs2)c([C@H](C)N)cc1F. The second kappa shape index (κ2) is 6.24. The molecule has 1 aromatic carbocycles. The number of anilines is 1. The van der Waals surface area contributed by atoms with Crippen LogP contribution in [0.3, 0.4) is 0 Å². The maximum absolute atomic E-state index is 13.7. The molecule has 0 saturated carbocycles. The molecule has 0 unspecified atom stereocenters. The second-order valence-electron chi connectivity index (χ2n) is 5.04. The average molecular weight is 357 g/mol. The van der Waals surface area contributed by atoms with E-state index in [1.807, 2.05) is 20.0 Å². The fourth-order valence-corrected chi connectivity index (χ4v) is 3.64. The standard InChI is InChI=1S/C15H18BrFN2S/c1-9-4-15(13(10(2)18)6-14(9)17)19(3)7-12-5-11(16)8-20-12/h4-6,8,10H,7,18H2,1-3H3/t10-/m0/s1. The van der Waals surface area contributed by atoms with Gasteiger partial charge in [-0.3, -0.25) is 0 Å². The van der Waals surface area contributed by atoms with Gasteiger partial charge in [0.25, 0.3) is 0 Å². The molecule has 0 saturated heterocycles. The van der Waals surface area contributed by atoms with Crippen molar-refractivity contribution in [2.45, 2.75) is 26.4 Å². The van der Waals surface area contributed by atoms with Crippen molar-refractivity contribution in [3.05, 3.63) is 49.9 Å². The van der Waals surface area contributed by atoms with E-state index in [2.05, 4.69) is 32.3 Å². The summed E-state index contributed by atoms with van der Waals surface area (Å²) in [6, 6.07) is 5.33. The molecule has 2 N–H and O–H groups in total. The molecule has 0 aliphatic heterocycles. The Labute approximate surface area is 131 Å². The Kier molecular flexibility index (Phi) is 4.83. The number of hydrogen-bond donors (Lipinski definition) is 1. The van der Waals surface area contributed by atoms with E-state index in [9.17, 15) is 4.39 Å². The van der Waals surface area contributed by atoms with Crippen molar-refractivity contribution >= 4 is 33.0 Å². The van der Waals surface area contributed by atoms with Crippen LogP contribution >= 0.6 is 27.3 Å². The lowest BCUT2D eigenvalue weighted by Crippen LogP contribution is -2.20. The highest BCUT2D eigenvalue weighted by atomic mass is 79.9. The summed E-state index contributed by atoms with van der Waals surface area (Å²) in [6.07, 6.45) is 0. The first-order chi connectivity index (χ1) is 9.38. The second-order valence-corrected chi connectivity index (χ2v) is 6.95. The molecule has 0 bridgehead atoms. The summed E-state index contributed by atoms with van der Waals surface area (Å²) in [5.41, 5.74) is 8.44. The number of rotatable bonds is 4. The third kappa shape index (κ3) is 3.40. The highest BCUT2D eigenvalue weighted by molar-refractivity contribution is 9.10. The molecule has 2 nitrogen and oxygen atoms in total. The zero-order valence-electron chi connectivity index (χ0n) is 11.8. The third-order valence-electron chi connectivity index (χ3n) is 3.22. The normalized spacial score (nSPS) is 12.5. The summed E-state index contributed by atoms with van der Waals surface area (Å²) in [7, 11) is 2.01. The van der Waals surface area contributed by atoms with Crippen molar-refractivity contribution in [3.8, 4) is 0 Å². The first-order valence-corrected chi connectivity index (χ1v) is 8.05. The summed E-state index contributed by atoms with van der Waals surface area (Å²) >= 11 is 5.16. The lowest BCUT2D eigenvalue weighted by Gasteiger charge is -2.24. The van der Waals surface area contributed by atoms with Crippen LogP contribution < -0.4 is 10.6 Å². The summed E-state index contributed by atoms with van der Waals surface area (Å²) in [6.45, 7) is 4.43.